The number of nitrogens with one attached hydrogen (secondary N) is 5. The van der Waals surface area contributed by atoms with Crippen LogP contribution in [0.1, 0.15) is 64.5 Å². The fourth-order valence-electron chi connectivity index (χ4n) is 9.59. The number of H-pyrrole nitrogens is 1. The summed E-state index contributed by atoms with van der Waals surface area (Å²) in [7, 11) is -5.85. The maximum Gasteiger partial charge on any atom is 0.412 e. The van der Waals surface area contributed by atoms with Gasteiger partial charge in [-0.1, -0.05) is 32.4 Å². The van der Waals surface area contributed by atoms with Gasteiger partial charge < -0.3 is 68.0 Å². The van der Waals surface area contributed by atoms with E-state index in [0.717, 1.165) is 44.1 Å². The number of aliphatic hydroxyl groups excluding tert-OH is 1. The zero-order chi connectivity index (χ0) is 62.2. The van der Waals surface area contributed by atoms with Crippen molar-refractivity contribution in [2.75, 3.05) is 50.6 Å². The Morgan fingerprint density at radius 1 is 0.839 bits per heavy atom. The van der Waals surface area contributed by atoms with E-state index in [0.29, 0.717) is 30.5 Å². The molecule has 4 aliphatic heterocycles. The minimum Gasteiger partial charge on any atom is -0.447 e. The molecule has 3 saturated heterocycles. The molecule has 32 nitrogen and oxygen atoms in total. The first-order valence-electron chi connectivity index (χ1n) is 27.2. The molecule has 36 heteroatoms. The van der Waals surface area contributed by atoms with Crippen molar-refractivity contribution in [2.24, 2.45) is 5.92 Å². The first kappa shape index (κ1) is 63.6. The molecule has 7 amide bonds. The summed E-state index contributed by atoms with van der Waals surface area (Å²) in [5, 5.41) is 21.2. The van der Waals surface area contributed by atoms with Crippen molar-refractivity contribution in [3.63, 3.8) is 0 Å². The number of hydrogen-bond acceptors (Lipinski definition) is 23. The molecule has 1 aromatic carbocycles. The second kappa shape index (κ2) is 28.3. The Morgan fingerprint density at radius 2 is 1.54 bits per heavy atom. The summed E-state index contributed by atoms with van der Waals surface area (Å²) in [5.41, 5.74) is -0.189. The number of aliphatic hydroxyl groups is 1. The molecule has 5 aromatic rings. The highest BCUT2D eigenvalue weighted by molar-refractivity contribution is 7.33. The second-order valence-electron chi connectivity index (χ2n) is 20.6. The summed E-state index contributed by atoms with van der Waals surface area (Å²) >= 11 is 0. The molecule has 87 heavy (non-hydrogen) atoms. The number of carbonyl (C=O) groups is 7. The van der Waals surface area contributed by atoms with Gasteiger partial charge >= 0.3 is 28.7 Å². The Hall–Kier alpha value is -7.94. The first-order valence-corrected chi connectivity index (χ1v) is 29.7. The number of unbranched alkanes of at least 4 members (excludes halogenated alkanes) is 2. The Kier molecular flexibility index (Phi) is 20.6. The number of aromatic amines is 1. The second-order valence-corrected chi connectivity index (χ2v) is 22.7. The van der Waals surface area contributed by atoms with Gasteiger partial charge in [0.15, 0.2) is 47.1 Å². The number of rotatable bonds is 20. The summed E-state index contributed by atoms with van der Waals surface area (Å²) in [5.74, 6) is -3.64. The molecule has 0 aliphatic carbocycles. The molecular formula is C51H61F2N13O19P2. The van der Waals surface area contributed by atoms with E-state index in [1.165, 1.54) is 26.1 Å². The van der Waals surface area contributed by atoms with Crippen LogP contribution >= 0.6 is 16.5 Å². The SMILES string of the molecule is CC(C)[C@H](NC(=O)CCCCCN1C(=O)C=CC1=O)C(=O)N[C@@H](C)C(=O)Nc1ccc(COC(=O)N(C)CCOC(=O)Nc2ncnc3c2ncn3[C@@H]2O[C@@H]3CO[PH](=O)O[C@H]4C(n5cc(F)c6c(=O)[nH]cnc65)O[C@H](CO[PH](=O)O[C@H]3[C@H]2F)[C@H]4O)cc1. The maximum absolute atomic E-state index is 16.5. The molecule has 4 aliphatic rings. The fraction of sp³-hybridized carbons (Fsp3) is 0.490. The normalized spacial score (nSPS) is 24.6. The molecule has 4 aromatic heterocycles. The molecule has 0 saturated carbocycles. The summed E-state index contributed by atoms with van der Waals surface area (Å²) in [6.07, 6.45) is -6.48. The van der Waals surface area contributed by atoms with Gasteiger partial charge in [-0.25, -0.2) is 38.3 Å². The number of ether oxygens (including phenoxy) is 4. The van der Waals surface area contributed by atoms with Crippen LogP contribution < -0.4 is 26.8 Å². The topological polar surface area (TPSA) is 397 Å². The number of likely N-dealkylation sites (N-methyl/N-ethyl adjacent to an activating group) is 1. The highest BCUT2D eigenvalue weighted by Gasteiger charge is 2.51. The molecule has 9 rings (SSSR count). The molecule has 3 unspecified atom stereocenters. The average molecular weight is 1260 g/mol. The number of benzene rings is 1. The van der Waals surface area contributed by atoms with E-state index in [4.69, 9.17) is 37.0 Å². The summed E-state index contributed by atoms with van der Waals surface area (Å²) in [6.45, 7) is 3.31. The number of amides is 7. The van der Waals surface area contributed by atoms with Crippen molar-refractivity contribution in [3.05, 3.63) is 83.3 Å². The summed E-state index contributed by atoms with van der Waals surface area (Å²) in [4.78, 5) is 121. The van der Waals surface area contributed by atoms with Crippen LogP contribution in [0.5, 0.6) is 0 Å². The van der Waals surface area contributed by atoms with Crippen molar-refractivity contribution in [1.82, 2.24) is 54.5 Å². The smallest absolute Gasteiger partial charge is 0.412 e. The third-order valence-electron chi connectivity index (χ3n) is 14.2. The molecule has 0 radical (unpaired) electrons. The molecule has 2 bridgehead atoms. The number of carbonyl (C=O) groups excluding carboxylic acids is 7. The van der Waals surface area contributed by atoms with E-state index in [-0.39, 0.29) is 79.0 Å². The van der Waals surface area contributed by atoms with Crippen LogP contribution in [0, 0.1) is 11.7 Å². The van der Waals surface area contributed by atoms with Gasteiger partial charge in [-0.15, -0.1) is 0 Å². The monoisotopic (exact) mass is 1260 g/mol. The standard InChI is InChI=1S/C51H61F2N13O19P2/c1-25(2)37(61-32(67)8-6-5-7-15-64-33(68)13-14-34(64)69)47(73)59-26(3)45(71)60-28-11-9-27(10-12-28)19-79-51(75)63(4)16-17-78-50(74)62-42-38-44(56-22-54-42)66(24-58-38)48-36(53)40-31(83-48)21-81-87(77)85-41-39(70)30(20-80-86(76)84-40)82-49(41)65-18-29(52)35-43(65)55-23-57-46(35)72/h9-14,18,22-26,30-31,36-37,39-41,48-49,70,86-87H,5-8,15-17,19-21H2,1-4H3,(H,59,73)(H,60,71)(H,61,67)(H,55,57,72)(H,54,56,62,74)/t26-,30+,31+,36+,37-,39+,40+,41+,48+,49?/m0/s1. The van der Waals surface area contributed by atoms with Crippen LogP contribution in [0.3, 0.4) is 0 Å². The minimum atomic E-state index is -3.63. The van der Waals surface area contributed by atoms with Crippen LogP contribution in [0.2, 0.25) is 0 Å². The number of imidazole rings is 1. The van der Waals surface area contributed by atoms with Gasteiger partial charge in [-0.05, 0) is 43.4 Å². The number of alkyl halides is 1. The van der Waals surface area contributed by atoms with E-state index >= 15 is 4.39 Å². The van der Waals surface area contributed by atoms with Crippen molar-refractivity contribution >= 4 is 91.9 Å². The van der Waals surface area contributed by atoms with Crippen molar-refractivity contribution in [1.29, 1.82) is 0 Å². The Labute approximate surface area is 492 Å². The van der Waals surface area contributed by atoms with Crippen LogP contribution in [0.25, 0.3) is 22.2 Å². The lowest BCUT2D eigenvalue weighted by Crippen LogP contribution is -2.53. The lowest BCUT2D eigenvalue weighted by Gasteiger charge is -2.24. The van der Waals surface area contributed by atoms with Gasteiger partial charge in [0.2, 0.25) is 17.7 Å². The van der Waals surface area contributed by atoms with Crippen LogP contribution in [0.4, 0.5) is 29.9 Å². The van der Waals surface area contributed by atoms with Gasteiger partial charge in [0.1, 0.15) is 67.5 Å². The third-order valence-corrected chi connectivity index (χ3v) is 16.0. The minimum absolute atomic E-state index is 0.0540. The number of halogens is 2. The first-order chi connectivity index (χ1) is 41.6. The number of imide groups is 1. The Balaban J connectivity index is 0.700. The molecule has 0 spiro atoms. The lowest BCUT2D eigenvalue weighted by atomic mass is 10.0. The highest BCUT2D eigenvalue weighted by atomic mass is 31.1. The molecular weight excluding hydrogens is 1200 g/mol. The number of hydrogen-bond donors (Lipinski definition) is 6. The lowest BCUT2D eigenvalue weighted by molar-refractivity contribution is -0.137. The predicted molar refractivity (Wildman–Crippen MR) is 296 cm³/mol. The van der Waals surface area contributed by atoms with Crippen LogP contribution in [-0.2, 0) is 76.8 Å². The summed E-state index contributed by atoms with van der Waals surface area (Å²) in [6, 6.07) is 4.43. The van der Waals surface area contributed by atoms with E-state index in [1.807, 2.05) is 0 Å². The largest absolute Gasteiger partial charge is 0.447 e. The van der Waals surface area contributed by atoms with Gasteiger partial charge in [-0.2, -0.15) is 0 Å². The van der Waals surface area contributed by atoms with E-state index in [9.17, 15) is 57.0 Å². The quantitative estimate of drug-likeness (QED) is 0.0370. The Morgan fingerprint density at radius 3 is 2.26 bits per heavy atom. The number of anilines is 2. The zero-order valence-electron chi connectivity index (χ0n) is 46.8. The number of fused-ring (bicyclic) bond motifs is 5. The molecule has 468 valence electrons. The third kappa shape index (κ3) is 15.1. The average Bonchev–Trinajstić information content (AvgIpc) is 1.89. The van der Waals surface area contributed by atoms with Crippen LogP contribution in [-0.4, -0.2) is 179 Å². The van der Waals surface area contributed by atoms with E-state index in [1.54, 1.807) is 38.1 Å². The number of nitrogens with zero attached hydrogens (tertiary/aromatic N) is 8. The highest BCUT2D eigenvalue weighted by Crippen LogP contribution is 2.45. The van der Waals surface area contributed by atoms with Crippen LogP contribution in [0.15, 0.2) is 66.4 Å². The maximum atomic E-state index is 16.5. The van der Waals surface area contributed by atoms with Crippen molar-refractivity contribution < 1.29 is 93.6 Å². The van der Waals surface area contributed by atoms with Gasteiger partial charge in [0.25, 0.3) is 17.4 Å². The Bertz CT molecular complexity index is 3520. The molecule has 3 fully saturated rings. The van der Waals surface area contributed by atoms with Crippen molar-refractivity contribution in [3.8, 4) is 0 Å². The fourth-order valence-corrected chi connectivity index (χ4v) is 11.3. The predicted octanol–water partition coefficient (Wildman–Crippen LogP) is 2.68. The van der Waals surface area contributed by atoms with Gasteiger partial charge in [-0.3, -0.25) is 57.2 Å². The number of aromatic nitrogens is 7. The van der Waals surface area contributed by atoms with Gasteiger partial charge in [0, 0.05) is 44.0 Å². The van der Waals surface area contributed by atoms with Gasteiger partial charge in [0.05, 0.1) is 32.4 Å². The van der Waals surface area contributed by atoms with E-state index in [2.05, 4.69) is 46.2 Å². The zero-order valence-corrected chi connectivity index (χ0v) is 48.8. The van der Waals surface area contributed by atoms with E-state index < -0.39 is 132 Å². The summed E-state index contributed by atoms with van der Waals surface area (Å²) < 4.78 is 104. The molecule has 6 N–H and O–H groups in total. The molecule has 12 atom stereocenters. The molecule has 8 heterocycles. The van der Waals surface area contributed by atoms with Crippen molar-refractivity contribution in [2.45, 2.75) is 114 Å².